The van der Waals surface area contributed by atoms with Gasteiger partial charge in [-0.1, -0.05) is 6.07 Å². The third kappa shape index (κ3) is 3.27. The maximum atomic E-state index is 11.6. The van der Waals surface area contributed by atoms with Gasteiger partial charge < -0.3 is 20.3 Å². The summed E-state index contributed by atoms with van der Waals surface area (Å²) in [6.07, 6.45) is 6.46. The second kappa shape index (κ2) is 6.96. The normalized spacial score (nSPS) is 14.9. The van der Waals surface area contributed by atoms with Crippen LogP contribution in [0.3, 0.4) is 0 Å². The minimum atomic E-state index is -0.991. The van der Waals surface area contributed by atoms with Crippen LogP contribution in [-0.2, 0) is 0 Å². The fraction of sp³-hybridized carbons (Fsp3) is 0.263. The van der Waals surface area contributed by atoms with Gasteiger partial charge in [0, 0.05) is 43.1 Å². The standard InChI is InChI=1S/C19H18N6O2/c1-20-13-2-3-16(22-10-13)25-8-5-12(6-9-25)24-17-14-4-7-21-18(14)23-11-15(17)19(26)27/h2-4,7,10-12H,5-6,8-9H2,(H,26,27)(H2,21,23,24). The van der Waals surface area contributed by atoms with Crippen molar-refractivity contribution in [2.45, 2.75) is 18.9 Å². The molecular weight excluding hydrogens is 344 g/mol. The van der Waals surface area contributed by atoms with Crippen molar-refractivity contribution in [1.29, 1.82) is 0 Å². The van der Waals surface area contributed by atoms with E-state index in [1.807, 2.05) is 12.1 Å². The molecule has 4 heterocycles. The molecule has 3 aromatic rings. The molecule has 27 heavy (non-hydrogen) atoms. The Labute approximate surface area is 155 Å². The van der Waals surface area contributed by atoms with Crippen molar-refractivity contribution >= 4 is 34.2 Å². The number of H-pyrrole nitrogens is 1. The summed E-state index contributed by atoms with van der Waals surface area (Å²) < 4.78 is 0. The number of piperidine rings is 1. The lowest BCUT2D eigenvalue weighted by molar-refractivity contribution is 0.0697. The number of pyridine rings is 2. The average molecular weight is 362 g/mol. The topological polar surface area (TPSA) is 98.5 Å². The van der Waals surface area contributed by atoms with E-state index < -0.39 is 5.97 Å². The summed E-state index contributed by atoms with van der Waals surface area (Å²) in [5.41, 5.74) is 2.00. The second-order valence-electron chi connectivity index (χ2n) is 6.48. The first kappa shape index (κ1) is 16.8. The number of nitrogens with one attached hydrogen (secondary N) is 2. The van der Waals surface area contributed by atoms with Crippen LogP contribution in [0.5, 0.6) is 0 Å². The predicted molar refractivity (Wildman–Crippen MR) is 102 cm³/mol. The number of aromatic nitrogens is 3. The van der Waals surface area contributed by atoms with Gasteiger partial charge in [0.15, 0.2) is 0 Å². The Hall–Kier alpha value is -3.60. The Morgan fingerprint density at radius 3 is 2.74 bits per heavy atom. The van der Waals surface area contributed by atoms with E-state index in [4.69, 9.17) is 6.57 Å². The van der Waals surface area contributed by atoms with Crippen LogP contribution in [0.25, 0.3) is 15.9 Å². The highest BCUT2D eigenvalue weighted by molar-refractivity contribution is 6.03. The van der Waals surface area contributed by atoms with Crippen molar-refractivity contribution in [1.82, 2.24) is 15.0 Å². The van der Waals surface area contributed by atoms with Crippen LogP contribution in [0, 0.1) is 6.57 Å². The van der Waals surface area contributed by atoms with Crippen LogP contribution in [0.15, 0.2) is 36.8 Å². The first-order valence-electron chi connectivity index (χ1n) is 8.70. The van der Waals surface area contributed by atoms with E-state index in [1.165, 1.54) is 6.20 Å². The van der Waals surface area contributed by atoms with Gasteiger partial charge in [-0.25, -0.2) is 14.6 Å². The summed E-state index contributed by atoms with van der Waals surface area (Å²) in [6, 6.07) is 5.66. The van der Waals surface area contributed by atoms with E-state index >= 15 is 0 Å². The number of rotatable bonds is 4. The molecule has 0 radical (unpaired) electrons. The zero-order chi connectivity index (χ0) is 18.8. The summed E-state index contributed by atoms with van der Waals surface area (Å²) in [7, 11) is 0. The molecule has 0 unspecified atom stereocenters. The Morgan fingerprint density at radius 2 is 2.07 bits per heavy atom. The average Bonchev–Trinajstić information content (AvgIpc) is 3.18. The van der Waals surface area contributed by atoms with Gasteiger partial charge in [-0.05, 0) is 25.0 Å². The number of carboxylic acid groups (broad SMARTS) is 1. The molecule has 0 saturated carbocycles. The number of carbonyl (C=O) groups is 1. The fourth-order valence-corrected chi connectivity index (χ4v) is 3.41. The van der Waals surface area contributed by atoms with Gasteiger partial charge in [-0.3, -0.25) is 4.98 Å². The van der Waals surface area contributed by atoms with E-state index in [9.17, 15) is 9.90 Å². The number of fused-ring (bicyclic) bond motifs is 1. The summed E-state index contributed by atoms with van der Waals surface area (Å²) in [5.74, 6) is -0.126. The van der Waals surface area contributed by atoms with Crippen molar-refractivity contribution in [2.24, 2.45) is 0 Å². The molecule has 0 bridgehead atoms. The van der Waals surface area contributed by atoms with Crippen LogP contribution < -0.4 is 10.2 Å². The van der Waals surface area contributed by atoms with Gasteiger partial charge in [0.25, 0.3) is 0 Å². The zero-order valence-electron chi connectivity index (χ0n) is 14.5. The van der Waals surface area contributed by atoms with E-state index in [-0.39, 0.29) is 11.6 Å². The molecule has 136 valence electrons. The minimum Gasteiger partial charge on any atom is -0.478 e. The van der Waals surface area contributed by atoms with Crippen molar-refractivity contribution < 1.29 is 9.90 Å². The third-order valence-electron chi connectivity index (χ3n) is 4.85. The summed E-state index contributed by atoms with van der Waals surface area (Å²) in [6.45, 7) is 8.62. The first-order valence-corrected chi connectivity index (χ1v) is 8.70. The summed E-state index contributed by atoms with van der Waals surface area (Å²) in [4.78, 5) is 28.7. The van der Waals surface area contributed by atoms with Gasteiger partial charge in [-0.15, -0.1) is 0 Å². The predicted octanol–water partition coefficient (Wildman–Crippen LogP) is 3.29. The van der Waals surface area contributed by atoms with Crippen molar-refractivity contribution in [3.8, 4) is 0 Å². The van der Waals surface area contributed by atoms with Gasteiger partial charge >= 0.3 is 5.97 Å². The molecule has 1 aliphatic heterocycles. The number of aromatic carboxylic acids is 1. The lowest BCUT2D eigenvalue weighted by atomic mass is 10.0. The van der Waals surface area contributed by atoms with Gasteiger partial charge in [0.05, 0.1) is 12.3 Å². The quantitative estimate of drug-likeness (QED) is 0.616. The van der Waals surface area contributed by atoms with Crippen LogP contribution >= 0.6 is 0 Å². The lowest BCUT2D eigenvalue weighted by Gasteiger charge is -2.34. The van der Waals surface area contributed by atoms with Crippen molar-refractivity contribution in [3.05, 3.63) is 53.8 Å². The molecule has 4 rings (SSSR count). The molecule has 0 aliphatic carbocycles. The molecule has 0 atom stereocenters. The fourth-order valence-electron chi connectivity index (χ4n) is 3.41. The van der Waals surface area contributed by atoms with Gasteiger partial charge in [-0.2, -0.15) is 0 Å². The number of carboxylic acids is 1. The zero-order valence-corrected chi connectivity index (χ0v) is 14.5. The van der Waals surface area contributed by atoms with Gasteiger partial charge in [0.2, 0.25) is 5.69 Å². The van der Waals surface area contributed by atoms with E-state index in [0.29, 0.717) is 17.0 Å². The van der Waals surface area contributed by atoms with Crippen LogP contribution in [-0.4, -0.2) is 45.2 Å². The lowest BCUT2D eigenvalue weighted by Crippen LogP contribution is -2.39. The van der Waals surface area contributed by atoms with Crippen molar-refractivity contribution in [3.63, 3.8) is 0 Å². The highest BCUT2D eigenvalue weighted by Gasteiger charge is 2.23. The van der Waals surface area contributed by atoms with Crippen molar-refractivity contribution in [2.75, 3.05) is 23.3 Å². The molecule has 0 spiro atoms. The van der Waals surface area contributed by atoms with Crippen LogP contribution in [0.4, 0.5) is 17.2 Å². The monoisotopic (exact) mass is 362 g/mol. The molecule has 3 aromatic heterocycles. The number of aromatic amines is 1. The molecular formula is C19H18N6O2. The highest BCUT2D eigenvalue weighted by Crippen LogP contribution is 2.29. The molecule has 0 aromatic carbocycles. The molecule has 1 aliphatic rings. The van der Waals surface area contributed by atoms with Gasteiger partial charge in [0.1, 0.15) is 17.0 Å². The molecule has 8 heteroatoms. The largest absolute Gasteiger partial charge is 0.478 e. The third-order valence-corrected chi connectivity index (χ3v) is 4.85. The van der Waals surface area contributed by atoms with E-state index in [2.05, 4.69) is 30.0 Å². The number of nitrogens with zero attached hydrogens (tertiary/aromatic N) is 4. The minimum absolute atomic E-state index is 0.169. The Kier molecular flexibility index (Phi) is 4.34. The summed E-state index contributed by atoms with van der Waals surface area (Å²) in [5, 5.41) is 13.7. The Morgan fingerprint density at radius 1 is 1.26 bits per heavy atom. The SMILES string of the molecule is [C-]#[N+]c1ccc(N2CCC(Nc3c(C(=O)O)cnc4[nH]ccc34)CC2)nc1. The smallest absolute Gasteiger partial charge is 0.339 e. The number of hydrogen-bond donors (Lipinski definition) is 3. The van der Waals surface area contributed by atoms with Crippen LogP contribution in [0.1, 0.15) is 23.2 Å². The highest BCUT2D eigenvalue weighted by atomic mass is 16.4. The number of anilines is 2. The summed E-state index contributed by atoms with van der Waals surface area (Å²) >= 11 is 0. The maximum Gasteiger partial charge on any atom is 0.339 e. The van der Waals surface area contributed by atoms with E-state index in [0.717, 1.165) is 37.1 Å². The number of hydrogen-bond acceptors (Lipinski definition) is 5. The van der Waals surface area contributed by atoms with E-state index in [1.54, 1.807) is 18.5 Å². The molecule has 1 saturated heterocycles. The molecule has 0 amide bonds. The second-order valence-corrected chi connectivity index (χ2v) is 6.48. The first-order chi connectivity index (χ1) is 13.2. The Balaban J connectivity index is 1.49. The molecule has 1 fully saturated rings. The molecule has 3 N–H and O–H groups in total. The van der Waals surface area contributed by atoms with Crippen LogP contribution in [0.2, 0.25) is 0 Å². The molecule has 8 nitrogen and oxygen atoms in total. The maximum absolute atomic E-state index is 11.6. The Bertz CT molecular complexity index is 1010.